The maximum atomic E-state index is 11.5. The van der Waals surface area contributed by atoms with Gasteiger partial charge < -0.3 is 19.7 Å². The number of carbonyl (C=O) groups is 1. The molecular weight excluding hydrogens is 304 g/mol. The molecule has 1 unspecified atom stereocenters. The van der Waals surface area contributed by atoms with Crippen molar-refractivity contribution >= 4 is 5.91 Å². The van der Waals surface area contributed by atoms with E-state index in [1.807, 2.05) is 6.07 Å². The van der Waals surface area contributed by atoms with Gasteiger partial charge in [-0.25, -0.2) is 0 Å². The zero-order valence-electron chi connectivity index (χ0n) is 14.7. The molecular formula is C19H26N2O3. The quantitative estimate of drug-likeness (QED) is 0.862. The minimum atomic E-state index is 0.0421. The van der Waals surface area contributed by atoms with Gasteiger partial charge >= 0.3 is 0 Å². The summed E-state index contributed by atoms with van der Waals surface area (Å²) in [7, 11) is 5.58. The maximum Gasteiger partial charge on any atom is 0.222 e. The van der Waals surface area contributed by atoms with E-state index in [1.54, 1.807) is 14.2 Å². The molecule has 3 fully saturated rings. The van der Waals surface area contributed by atoms with Gasteiger partial charge in [-0.3, -0.25) is 4.79 Å². The molecule has 1 amide bonds. The van der Waals surface area contributed by atoms with Gasteiger partial charge in [0.05, 0.1) is 19.8 Å². The zero-order valence-corrected chi connectivity index (χ0v) is 14.7. The summed E-state index contributed by atoms with van der Waals surface area (Å²) in [5, 5.41) is 3.19. The molecule has 5 nitrogen and oxygen atoms in total. The lowest BCUT2D eigenvalue weighted by atomic mass is 9.59. The van der Waals surface area contributed by atoms with Crippen molar-refractivity contribution in [3.05, 3.63) is 23.8 Å². The minimum Gasteiger partial charge on any atom is -0.493 e. The minimum absolute atomic E-state index is 0.0421. The molecule has 1 N–H and O–H groups in total. The first kappa shape index (κ1) is 15.8. The normalized spacial score (nSPS) is 35.3. The van der Waals surface area contributed by atoms with Crippen LogP contribution < -0.4 is 14.8 Å². The van der Waals surface area contributed by atoms with Crippen LogP contribution in [0.2, 0.25) is 0 Å². The number of ether oxygens (including phenoxy) is 2. The van der Waals surface area contributed by atoms with E-state index in [2.05, 4.69) is 29.4 Å². The van der Waals surface area contributed by atoms with Crippen LogP contribution >= 0.6 is 0 Å². The Bertz CT molecular complexity index is 667. The summed E-state index contributed by atoms with van der Waals surface area (Å²) in [6.45, 7) is 1.10. The van der Waals surface area contributed by atoms with E-state index in [1.165, 1.54) is 5.56 Å². The molecule has 1 aliphatic carbocycles. The van der Waals surface area contributed by atoms with Gasteiger partial charge in [-0.15, -0.1) is 0 Å². The molecule has 24 heavy (non-hydrogen) atoms. The third kappa shape index (κ3) is 2.14. The van der Waals surface area contributed by atoms with Crippen molar-refractivity contribution in [2.45, 2.75) is 49.1 Å². The molecule has 4 rings (SSSR count). The van der Waals surface area contributed by atoms with Crippen LogP contribution in [0.5, 0.6) is 11.5 Å². The Morgan fingerprint density at radius 2 is 1.92 bits per heavy atom. The van der Waals surface area contributed by atoms with Crippen LogP contribution in [0.4, 0.5) is 0 Å². The smallest absolute Gasteiger partial charge is 0.222 e. The fraction of sp³-hybridized carbons (Fsp3) is 0.632. The van der Waals surface area contributed by atoms with E-state index in [-0.39, 0.29) is 16.9 Å². The lowest BCUT2D eigenvalue weighted by Crippen LogP contribution is -2.67. The number of nitrogens with one attached hydrogen (secondary N) is 1. The number of hydrogen-bond acceptors (Lipinski definition) is 4. The Morgan fingerprint density at radius 1 is 1.17 bits per heavy atom. The van der Waals surface area contributed by atoms with Crippen LogP contribution in [0.1, 0.15) is 37.7 Å². The molecule has 0 aromatic heterocycles. The first-order valence-corrected chi connectivity index (χ1v) is 8.76. The van der Waals surface area contributed by atoms with Crippen molar-refractivity contribution in [1.82, 2.24) is 10.2 Å². The van der Waals surface area contributed by atoms with Gasteiger partial charge in [-0.1, -0.05) is 6.07 Å². The number of methoxy groups -OCH3 is 2. The predicted octanol–water partition coefficient (Wildman–Crippen LogP) is 2.09. The highest BCUT2D eigenvalue weighted by atomic mass is 16.5. The van der Waals surface area contributed by atoms with E-state index in [0.29, 0.717) is 12.5 Å². The summed E-state index contributed by atoms with van der Waals surface area (Å²) in [6.07, 6.45) is 5.08. The lowest BCUT2D eigenvalue weighted by Gasteiger charge is -2.54. The van der Waals surface area contributed by atoms with E-state index < -0.39 is 0 Å². The molecule has 1 spiro atoms. The Balaban J connectivity index is 1.69. The third-order valence-corrected chi connectivity index (χ3v) is 6.58. The number of β-lactam (4-membered cyclic amide) rings is 1. The largest absolute Gasteiger partial charge is 0.493 e. The highest BCUT2D eigenvalue weighted by Gasteiger charge is 2.57. The van der Waals surface area contributed by atoms with Crippen LogP contribution in [-0.2, 0) is 10.2 Å². The standard InChI is InChI=1S/C19H26N2O3/c1-21-9-8-19(13-4-5-14(23-2)15(10-13)24-3)7-6-18(11-16(19)21)12-17(22)20-18/h4-5,10,16H,6-9,11-12H2,1-3H3,(H,20,22)/t16-,18?,19-/m0/s1. The zero-order chi connectivity index (χ0) is 16.9. The molecule has 3 aliphatic rings. The Morgan fingerprint density at radius 3 is 2.58 bits per heavy atom. The van der Waals surface area contributed by atoms with E-state index >= 15 is 0 Å². The number of nitrogens with zero attached hydrogens (tertiary/aromatic N) is 1. The molecule has 0 bridgehead atoms. The number of likely N-dealkylation sites (tertiary alicyclic amines) is 1. The highest BCUT2D eigenvalue weighted by Crippen LogP contribution is 2.53. The number of fused-ring (bicyclic) bond motifs is 1. The number of rotatable bonds is 3. The van der Waals surface area contributed by atoms with Gasteiger partial charge in [0, 0.05) is 17.9 Å². The van der Waals surface area contributed by atoms with Gasteiger partial charge in [0.2, 0.25) is 5.91 Å². The molecule has 1 aromatic rings. The first-order chi connectivity index (χ1) is 11.5. The Kier molecular flexibility index (Phi) is 3.53. The molecule has 1 saturated carbocycles. The van der Waals surface area contributed by atoms with Crippen molar-refractivity contribution < 1.29 is 14.3 Å². The fourth-order valence-electron chi connectivity index (χ4n) is 5.18. The van der Waals surface area contributed by atoms with Gasteiger partial charge in [-0.2, -0.15) is 0 Å². The second-order valence-electron chi connectivity index (χ2n) is 7.68. The van der Waals surface area contributed by atoms with Crippen molar-refractivity contribution in [2.75, 3.05) is 27.8 Å². The summed E-state index contributed by atoms with van der Waals surface area (Å²) in [5.74, 6) is 1.78. The topological polar surface area (TPSA) is 50.8 Å². The molecule has 2 heterocycles. The predicted molar refractivity (Wildman–Crippen MR) is 91.6 cm³/mol. The van der Waals surface area contributed by atoms with Gasteiger partial charge in [0.1, 0.15) is 0 Å². The molecule has 5 heteroatoms. The second-order valence-corrected chi connectivity index (χ2v) is 7.68. The van der Waals surface area contributed by atoms with E-state index in [4.69, 9.17) is 9.47 Å². The number of hydrogen-bond donors (Lipinski definition) is 1. The van der Waals surface area contributed by atoms with Crippen LogP contribution in [0.25, 0.3) is 0 Å². The molecule has 1 aromatic carbocycles. The summed E-state index contributed by atoms with van der Waals surface area (Å²) in [6, 6.07) is 6.84. The van der Waals surface area contributed by atoms with E-state index in [0.717, 1.165) is 43.7 Å². The SMILES string of the molecule is COc1ccc([C@]23CCN(C)[C@H]2CC2(CC3)CC(=O)N2)cc1OC. The van der Waals surface area contributed by atoms with Crippen LogP contribution in [0.3, 0.4) is 0 Å². The number of benzene rings is 1. The number of amides is 1. The summed E-state index contributed by atoms with van der Waals surface area (Å²) >= 11 is 0. The maximum absolute atomic E-state index is 11.5. The summed E-state index contributed by atoms with van der Waals surface area (Å²) < 4.78 is 10.9. The molecule has 3 atom stereocenters. The molecule has 2 saturated heterocycles. The second kappa shape index (κ2) is 5.38. The number of likely N-dealkylation sites (N-methyl/N-ethyl adjacent to an activating group) is 1. The lowest BCUT2D eigenvalue weighted by molar-refractivity contribution is -0.135. The van der Waals surface area contributed by atoms with Crippen molar-refractivity contribution in [2.24, 2.45) is 0 Å². The molecule has 2 aliphatic heterocycles. The van der Waals surface area contributed by atoms with Crippen LogP contribution in [0.15, 0.2) is 18.2 Å². The van der Waals surface area contributed by atoms with Crippen LogP contribution in [0, 0.1) is 0 Å². The summed E-state index contributed by atoms with van der Waals surface area (Å²) in [4.78, 5) is 14.0. The van der Waals surface area contributed by atoms with Crippen molar-refractivity contribution in [3.8, 4) is 11.5 Å². The molecule has 130 valence electrons. The van der Waals surface area contributed by atoms with Crippen molar-refractivity contribution in [3.63, 3.8) is 0 Å². The van der Waals surface area contributed by atoms with Gasteiger partial charge in [0.25, 0.3) is 0 Å². The van der Waals surface area contributed by atoms with E-state index in [9.17, 15) is 4.79 Å². The van der Waals surface area contributed by atoms with Gasteiger partial charge in [-0.05, 0) is 57.0 Å². The van der Waals surface area contributed by atoms with Crippen LogP contribution in [-0.4, -0.2) is 50.2 Å². The van der Waals surface area contributed by atoms with Crippen molar-refractivity contribution in [1.29, 1.82) is 0 Å². The number of carbonyl (C=O) groups excluding carboxylic acids is 1. The first-order valence-electron chi connectivity index (χ1n) is 8.76. The average Bonchev–Trinajstić information content (AvgIpc) is 2.91. The third-order valence-electron chi connectivity index (χ3n) is 6.58. The molecule has 0 radical (unpaired) electrons. The summed E-state index contributed by atoms with van der Waals surface area (Å²) in [5.41, 5.74) is 1.54. The Labute approximate surface area is 143 Å². The fourth-order valence-corrected chi connectivity index (χ4v) is 5.18. The monoisotopic (exact) mass is 330 g/mol. The highest BCUT2D eigenvalue weighted by molar-refractivity contribution is 5.84. The van der Waals surface area contributed by atoms with Gasteiger partial charge in [0.15, 0.2) is 11.5 Å². The average molecular weight is 330 g/mol. The Hall–Kier alpha value is -1.75.